The van der Waals surface area contributed by atoms with Gasteiger partial charge in [0.2, 0.25) is 0 Å². The molecule has 120 valence electrons. The molecule has 0 unspecified atom stereocenters. The van der Waals surface area contributed by atoms with Gasteiger partial charge in [-0.25, -0.2) is 4.79 Å². The highest BCUT2D eigenvalue weighted by Gasteiger charge is 2.30. The summed E-state index contributed by atoms with van der Waals surface area (Å²) in [6, 6.07) is 0. The van der Waals surface area contributed by atoms with Gasteiger partial charge in [0.05, 0.1) is 0 Å². The molecule has 0 rings (SSSR count). The molecule has 1 amide bonds. The van der Waals surface area contributed by atoms with Crippen molar-refractivity contribution >= 4 is 6.09 Å². The first-order valence-corrected chi connectivity index (χ1v) is 7.44. The van der Waals surface area contributed by atoms with E-state index < -0.39 is 5.60 Å². The van der Waals surface area contributed by atoms with E-state index in [-0.39, 0.29) is 17.0 Å². The van der Waals surface area contributed by atoms with Gasteiger partial charge in [-0.3, -0.25) is 0 Å². The quantitative estimate of drug-likeness (QED) is 0.802. The third kappa shape index (κ3) is 9.18. The molecule has 4 heteroatoms. The Hall–Kier alpha value is -0.770. The van der Waals surface area contributed by atoms with Crippen molar-refractivity contribution in [3.63, 3.8) is 0 Å². The molecule has 1 N–H and O–H groups in total. The van der Waals surface area contributed by atoms with E-state index in [4.69, 9.17) is 4.74 Å². The van der Waals surface area contributed by atoms with Crippen molar-refractivity contribution in [3.8, 4) is 0 Å². The molecule has 0 heterocycles. The molecule has 0 aromatic heterocycles. The minimum Gasteiger partial charge on any atom is -0.444 e. The predicted octanol–water partition coefficient (Wildman–Crippen LogP) is 3.66. The monoisotopic (exact) mass is 286 g/mol. The maximum absolute atomic E-state index is 12.3. The van der Waals surface area contributed by atoms with Crippen LogP contribution in [0.4, 0.5) is 4.79 Å². The van der Waals surface area contributed by atoms with Crippen LogP contribution in [0.2, 0.25) is 0 Å². The molecule has 0 aromatic carbocycles. The second-order valence-electron chi connectivity index (χ2n) is 8.54. The van der Waals surface area contributed by atoms with E-state index in [2.05, 4.69) is 26.1 Å². The van der Waals surface area contributed by atoms with Gasteiger partial charge in [-0.15, -0.1) is 0 Å². The number of hydrogen-bond acceptors (Lipinski definition) is 3. The molecular weight excluding hydrogens is 252 g/mol. The normalized spacial score (nSPS) is 13.2. The topological polar surface area (TPSA) is 41.6 Å². The van der Waals surface area contributed by atoms with Crippen molar-refractivity contribution in [1.29, 1.82) is 0 Å². The third-order valence-corrected chi connectivity index (χ3v) is 2.59. The summed E-state index contributed by atoms with van der Waals surface area (Å²) in [6.07, 6.45) is -0.248. The first-order chi connectivity index (χ1) is 8.72. The molecule has 0 aliphatic carbocycles. The molecular formula is C16H34N2O2. The Labute approximate surface area is 125 Å². The van der Waals surface area contributed by atoms with Crippen molar-refractivity contribution in [2.24, 2.45) is 5.41 Å². The molecule has 0 aromatic rings. The predicted molar refractivity (Wildman–Crippen MR) is 85.0 cm³/mol. The van der Waals surface area contributed by atoms with E-state index in [1.807, 2.05) is 41.5 Å². The van der Waals surface area contributed by atoms with E-state index >= 15 is 0 Å². The molecule has 0 aliphatic rings. The van der Waals surface area contributed by atoms with E-state index in [9.17, 15) is 4.79 Å². The number of nitrogens with zero attached hydrogens (tertiary/aromatic N) is 1. The minimum atomic E-state index is -0.459. The van der Waals surface area contributed by atoms with Gasteiger partial charge in [0, 0.05) is 25.2 Å². The van der Waals surface area contributed by atoms with Gasteiger partial charge in [-0.1, -0.05) is 20.8 Å². The summed E-state index contributed by atoms with van der Waals surface area (Å²) in [5.41, 5.74) is -0.455. The highest BCUT2D eigenvalue weighted by molar-refractivity contribution is 5.69. The van der Waals surface area contributed by atoms with Crippen molar-refractivity contribution < 1.29 is 9.53 Å². The average molecular weight is 286 g/mol. The van der Waals surface area contributed by atoms with Gasteiger partial charge in [0.15, 0.2) is 0 Å². The molecule has 0 bridgehead atoms. The Balaban J connectivity index is 4.49. The lowest BCUT2D eigenvalue weighted by molar-refractivity contribution is 0.00657. The fourth-order valence-electron chi connectivity index (χ4n) is 1.67. The SMILES string of the molecule is CC(C)(C)CNCCN(C(=O)OC(C)(C)C)C(C)(C)C. The number of ether oxygens (including phenoxy) is 1. The lowest BCUT2D eigenvalue weighted by Crippen LogP contribution is -2.50. The van der Waals surface area contributed by atoms with Crippen LogP contribution in [0.25, 0.3) is 0 Å². The van der Waals surface area contributed by atoms with E-state index in [0.717, 1.165) is 13.1 Å². The van der Waals surface area contributed by atoms with Crippen LogP contribution in [0.1, 0.15) is 62.3 Å². The molecule has 4 nitrogen and oxygen atoms in total. The van der Waals surface area contributed by atoms with Crippen LogP contribution in [0.15, 0.2) is 0 Å². The lowest BCUT2D eigenvalue weighted by atomic mass is 9.97. The highest BCUT2D eigenvalue weighted by Crippen LogP contribution is 2.18. The van der Waals surface area contributed by atoms with Gasteiger partial charge < -0.3 is 15.0 Å². The van der Waals surface area contributed by atoms with Crippen LogP contribution in [-0.2, 0) is 4.74 Å². The van der Waals surface area contributed by atoms with E-state index in [1.165, 1.54) is 0 Å². The second kappa shape index (κ2) is 6.79. The minimum absolute atomic E-state index is 0.244. The van der Waals surface area contributed by atoms with E-state index in [0.29, 0.717) is 6.54 Å². The lowest BCUT2D eigenvalue weighted by Gasteiger charge is -2.37. The standard InChI is InChI=1S/C16H34N2O2/c1-14(2,3)12-17-10-11-18(15(4,5)6)13(19)20-16(7,8)9/h17H,10-12H2,1-9H3. The zero-order chi connectivity index (χ0) is 16.2. The van der Waals surface area contributed by atoms with Crippen LogP contribution in [-0.4, -0.2) is 41.8 Å². The summed E-state index contributed by atoms with van der Waals surface area (Å²) < 4.78 is 5.48. The Morgan fingerprint density at radius 1 is 1.00 bits per heavy atom. The number of rotatable bonds is 4. The van der Waals surface area contributed by atoms with Crippen LogP contribution in [0.3, 0.4) is 0 Å². The van der Waals surface area contributed by atoms with Crippen LogP contribution < -0.4 is 5.32 Å². The molecule has 0 saturated carbocycles. The summed E-state index contributed by atoms with van der Waals surface area (Å²) in [7, 11) is 0. The molecule has 0 aliphatic heterocycles. The Bertz CT molecular complexity index is 306. The van der Waals surface area contributed by atoms with Crippen molar-refractivity contribution in [2.75, 3.05) is 19.6 Å². The summed E-state index contributed by atoms with van der Waals surface area (Å²) in [5.74, 6) is 0. The number of carbonyl (C=O) groups is 1. The fourth-order valence-corrected chi connectivity index (χ4v) is 1.67. The largest absolute Gasteiger partial charge is 0.444 e. The summed E-state index contributed by atoms with van der Waals surface area (Å²) in [4.78, 5) is 14.1. The maximum Gasteiger partial charge on any atom is 0.410 e. The number of amides is 1. The molecule has 0 saturated heterocycles. The number of hydrogen-bond donors (Lipinski definition) is 1. The second-order valence-corrected chi connectivity index (χ2v) is 8.54. The maximum atomic E-state index is 12.3. The molecule has 0 atom stereocenters. The van der Waals surface area contributed by atoms with Crippen molar-refractivity contribution in [2.45, 2.75) is 73.5 Å². The van der Waals surface area contributed by atoms with Crippen molar-refractivity contribution in [1.82, 2.24) is 10.2 Å². The van der Waals surface area contributed by atoms with Crippen molar-refractivity contribution in [3.05, 3.63) is 0 Å². The molecule has 0 spiro atoms. The third-order valence-electron chi connectivity index (χ3n) is 2.59. The van der Waals surface area contributed by atoms with Gasteiger partial charge in [-0.2, -0.15) is 0 Å². The van der Waals surface area contributed by atoms with Gasteiger partial charge in [0.25, 0.3) is 0 Å². The average Bonchev–Trinajstić information content (AvgIpc) is 2.09. The van der Waals surface area contributed by atoms with Gasteiger partial charge in [-0.05, 0) is 47.0 Å². The smallest absolute Gasteiger partial charge is 0.410 e. The zero-order valence-electron chi connectivity index (χ0n) is 14.9. The fraction of sp³-hybridized carbons (Fsp3) is 0.938. The van der Waals surface area contributed by atoms with E-state index in [1.54, 1.807) is 4.90 Å². The van der Waals surface area contributed by atoms with Crippen LogP contribution in [0.5, 0.6) is 0 Å². The summed E-state index contributed by atoms with van der Waals surface area (Å²) >= 11 is 0. The first kappa shape index (κ1) is 19.2. The molecule has 20 heavy (non-hydrogen) atoms. The Morgan fingerprint density at radius 2 is 1.50 bits per heavy atom. The van der Waals surface area contributed by atoms with Gasteiger partial charge >= 0.3 is 6.09 Å². The highest BCUT2D eigenvalue weighted by atomic mass is 16.6. The van der Waals surface area contributed by atoms with Crippen LogP contribution >= 0.6 is 0 Å². The summed E-state index contributed by atoms with van der Waals surface area (Å²) in [6.45, 7) is 20.7. The molecule has 0 radical (unpaired) electrons. The molecule has 0 fully saturated rings. The number of carbonyl (C=O) groups excluding carboxylic acids is 1. The summed E-state index contributed by atoms with van der Waals surface area (Å²) in [5, 5.41) is 3.40. The Morgan fingerprint density at radius 3 is 1.85 bits per heavy atom. The van der Waals surface area contributed by atoms with Gasteiger partial charge in [0.1, 0.15) is 5.60 Å². The number of nitrogens with one attached hydrogen (secondary N) is 1. The first-order valence-electron chi connectivity index (χ1n) is 7.44. The van der Waals surface area contributed by atoms with Crippen LogP contribution in [0, 0.1) is 5.41 Å². The zero-order valence-corrected chi connectivity index (χ0v) is 14.9. The Kier molecular flexibility index (Phi) is 6.53.